The molecule has 2 rings (SSSR count). The second kappa shape index (κ2) is 5.61. The molecule has 1 saturated heterocycles. The second-order valence-electron chi connectivity index (χ2n) is 4.96. The normalized spacial score (nSPS) is 19.2. The topological polar surface area (TPSA) is 40.5 Å². The summed E-state index contributed by atoms with van der Waals surface area (Å²) in [5, 5.41) is 9.47. The smallest absolute Gasteiger partial charge is 0.303 e. The number of hydrogen-bond acceptors (Lipinski definition) is 2. The fourth-order valence-electron chi connectivity index (χ4n) is 2.59. The Morgan fingerprint density at radius 3 is 3.00 bits per heavy atom. The molecule has 1 aliphatic heterocycles. The molecular formula is C14H18ClNO2. The van der Waals surface area contributed by atoms with Gasteiger partial charge in [0.05, 0.1) is 0 Å². The molecule has 1 unspecified atom stereocenters. The highest BCUT2D eigenvalue weighted by atomic mass is 35.5. The Kier molecular flexibility index (Phi) is 4.12. The average Bonchev–Trinajstić information content (AvgIpc) is 2.75. The van der Waals surface area contributed by atoms with E-state index in [9.17, 15) is 4.79 Å². The van der Waals surface area contributed by atoms with Crippen molar-refractivity contribution in [3.05, 3.63) is 28.8 Å². The van der Waals surface area contributed by atoms with E-state index >= 15 is 0 Å². The predicted molar refractivity (Wildman–Crippen MR) is 73.4 cm³/mol. The summed E-state index contributed by atoms with van der Waals surface area (Å²) in [6.45, 7) is 4.02. The van der Waals surface area contributed by atoms with Crippen molar-refractivity contribution in [3.8, 4) is 0 Å². The number of carboxylic acids is 1. The lowest BCUT2D eigenvalue weighted by atomic mass is 10.0. The summed E-state index contributed by atoms with van der Waals surface area (Å²) in [5.74, 6) is -0.202. The van der Waals surface area contributed by atoms with Crippen LogP contribution in [0.3, 0.4) is 0 Å². The van der Waals surface area contributed by atoms with Gasteiger partial charge >= 0.3 is 5.97 Å². The number of nitrogens with zero attached hydrogens (tertiary/aromatic N) is 1. The van der Waals surface area contributed by atoms with Crippen molar-refractivity contribution in [3.63, 3.8) is 0 Å². The van der Waals surface area contributed by atoms with Crippen LogP contribution in [0, 0.1) is 12.8 Å². The molecule has 4 heteroatoms. The van der Waals surface area contributed by atoms with Gasteiger partial charge in [-0.3, -0.25) is 4.79 Å². The fourth-order valence-corrected chi connectivity index (χ4v) is 2.82. The summed E-state index contributed by atoms with van der Waals surface area (Å²) >= 11 is 5.95. The highest BCUT2D eigenvalue weighted by Crippen LogP contribution is 2.30. The summed E-state index contributed by atoms with van der Waals surface area (Å²) in [7, 11) is 0. The number of carbonyl (C=O) groups is 1. The van der Waals surface area contributed by atoms with Gasteiger partial charge in [0.2, 0.25) is 0 Å². The molecule has 18 heavy (non-hydrogen) atoms. The molecule has 0 aromatic heterocycles. The van der Waals surface area contributed by atoms with Crippen LogP contribution in [0.25, 0.3) is 0 Å². The Labute approximate surface area is 112 Å². The molecule has 1 aromatic carbocycles. The number of carboxylic acid groups (broad SMARTS) is 1. The van der Waals surface area contributed by atoms with Crippen LogP contribution in [0.2, 0.25) is 5.02 Å². The third kappa shape index (κ3) is 3.16. The van der Waals surface area contributed by atoms with E-state index in [1.165, 1.54) is 11.3 Å². The van der Waals surface area contributed by atoms with E-state index in [0.717, 1.165) is 31.0 Å². The fraction of sp³-hybridized carbons (Fsp3) is 0.500. The summed E-state index contributed by atoms with van der Waals surface area (Å²) in [6.07, 6.45) is 2.13. The Hall–Kier alpha value is -1.22. The minimum Gasteiger partial charge on any atom is -0.481 e. The first-order chi connectivity index (χ1) is 8.56. The Bertz CT molecular complexity index is 447. The molecule has 1 fully saturated rings. The summed E-state index contributed by atoms with van der Waals surface area (Å²) in [4.78, 5) is 12.9. The minimum absolute atomic E-state index is 0.276. The minimum atomic E-state index is -0.698. The van der Waals surface area contributed by atoms with E-state index in [1.807, 2.05) is 12.1 Å². The summed E-state index contributed by atoms with van der Waals surface area (Å²) in [6, 6.07) is 5.94. The van der Waals surface area contributed by atoms with Gasteiger partial charge in [0, 0.05) is 30.2 Å². The van der Waals surface area contributed by atoms with Crippen LogP contribution in [0.15, 0.2) is 18.2 Å². The van der Waals surface area contributed by atoms with Gasteiger partial charge in [0.25, 0.3) is 0 Å². The van der Waals surface area contributed by atoms with Crippen molar-refractivity contribution in [1.29, 1.82) is 0 Å². The zero-order valence-electron chi connectivity index (χ0n) is 10.5. The molecule has 1 N–H and O–H groups in total. The first kappa shape index (κ1) is 13.2. The number of benzene rings is 1. The Balaban J connectivity index is 1.97. The number of aliphatic carboxylic acids is 1. The van der Waals surface area contributed by atoms with Crippen molar-refractivity contribution in [2.24, 2.45) is 5.92 Å². The van der Waals surface area contributed by atoms with E-state index in [1.54, 1.807) is 0 Å². The number of aryl methyl sites for hydroxylation is 1. The van der Waals surface area contributed by atoms with Crippen LogP contribution in [0.1, 0.15) is 24.8 Å². The van der Waals surface area contributed by atoms with Gasteiger partial charge in [-0.1, -0.05) is 11.6 Å². The molecule has 0 bridgehead atoms. The van der Waals surface area contributed by atoms with E-state index < -0.39 is 5.97 Å². The molecule has 1 aliphatic rings. The zero-order valence-corrected chi connectivity index (χ0v) is 11.3. The number of hydrogen-bond donors (Lipinski definition) is 1. The molecule has 1 atom stereocenters. The van der Waals surface area contributed by atoms with Gasteiger partial charge in [0.1, 0.15) is 0 Å². The maximum absolute atomic E-state index is 10.6. The van der Waals surface area contributed by atoms with Crippen LogP contribution >= 0.6 is 11.6 Å². The third-order valence-corrected chi connectivity index (χ3v) is 3.79. The number of halogens is 1. The number of rotatable bonds is 4. The molecular weight excluding hydrogens is 250 g/mol. The van der Waals surface area contributed by atoms with Crippen molar-refractivity contribution < 1.29 is 9.90 Å². The van der Waals surface area contributed by atoms with Gasteiger partial charge in [-0.25, -0.2) is 0 Å². The molecule has 0 aliphatic carbocycles. The predicted octanol–water partition coefficient (Wildman–Crippen LogP) is 3.34. The SMILES string of the molecule is Cc1cc(Cl)ccc1N1CCC(CCC(=O)O)C1. The van der Waals surface area contributed by atoms with Crippen LogP contribution in [0.5, 0.6) is 0 Å². The van der Waals surface area contributed by atoms with Gasteiger partial charge in [-0.05, 0) is 49.4 Å². The summed E-state index contributed by atoms with van der Waals surface area (Å²) < 4.78 is 0. The van der Waals surface area contributed by atoms with E-state index in [2.05, 4.69) is 17.9 Å². The highest BCUT2D eigenvalue weighted by molar-refractivity contribution is 6.30. The molecule has 3 nitrogen and oxygen atoms in total. The molecule has 0 saturated carbocycles. The Morgan fingerprint density at radius 1 is 1.56 bits per heavy atom. The lowest BCUT2D eigenvalue weighted by molar-refractivity contribution is -0.137. The van der Waals surface area contributed by atoms with Gasteiger partial charge in [-0.2, -0.15) is 0 Å². The van der Waals surface area contributed by atoms with Gasteiger partial charge in [-0.15, -0.1) is 0 Å². The molecule has 1 aromatic rings. The standard InChI is InChI=1S/C14H18ClNO2/c1-10-8-12(15)3-4-13(10)16-7-6-11(9-16)2-5-14(17)18/h3-4,8,11H,2,5-7,9H2,1H3,(H,17,18). The van der Waals surface area contributed by atoms with E-state index in [-0.39, 0.29) is 6.42 Å². The van der Waals surface area contributed by atoms with Crippen LogP contribution < -0.4 is 4.90 Å². The first-order valence-electron chi connectivity index (χ1n) is 6.29. The van der Waals surface area contributed by atoms with E-state index in [4.69, 9.17) is 16.7 Å². The van der Waals surface area contributed by atoms with Crippen molar-refractivity contribution >= 4 is 23.3 Å². The maximum atomic E-state index is 10.6. The molecule has 0 spiro atoms. The maximum Gasteiger partial charge on any atom is 0.303 e. The molecule has 0 amide bonds. The molecule has 98 valence electrons. The van der Waals surface area contributed by atoms with Crippen molar-refractivity contribution in [1.82, 2.24) is 0 Å². The number of anilines is 1. The Morgan fingerprint density at radius 2 is 2.33 bits per heavy atom. The van der Waals surface area contributed by atoms with Crippen LogP contribution in [-0.2, 0) is 4.79 Å². The highest BCUT2D eigenvalue weighted by Gasteiger charge is 2.23. The molecule has 0 radical (unpaired) electrons. The van der Waals surface area contributed by atoms with Crippen molar-refractivity contribution in [2.75, 3.05) is 18.0 Å². The summed E-state index contributed by atoms with van der Waals surface area (Å²) in [5.41, 5.74) is 2.40. The second-order valence-corrected chi connectivity index (χ2v) is 5.40. The van der Waals surface area contributed by atoms with Crippen LogP contribution in [-0.4, -0.2) is 24.2 Å². The monoisotopic (exact) mass is 267 g/mol. The van der Waals surface area contributed by atoms with Gasteiger partial charge < -0.3 is 10.0 Å². The van der Waals surface area contributed by atoms with Crippen molar-refractivity contribution in [2.45, 2.75) is 26.2 Å². The largest absolute Gasteiger partial charge is 0.481 e. The lowest BCUT2D eigenvalue weighted by Crippen LogP contribution is -2.20. The van der Waals surface area contributed by atoms with Gasteiger partial charge in [0.15, 0.2) is 0 Å². The zero-order chi connectivity index (χ0) is 13.1. The molecule has 1 heterocycles. The lowest BCUT2D eigenvalue weighted by Gasteiger charge is -2.21. The van der Waals surface area contributed by atoms with E-state index in [0.29, 0.717) is 5.92 Å². The average molecular weight is 268 g/mol. The first-order valence-corrected chi connectivity index (χ1v) is 6.67. The van der Waals surface area contributed by atoms with Crippen LogP contribution in [0.4, 0.5) is 5.69 Å². The third-order valence-electron chi connectivity index (χ3n) is 3.55. The quantitative estimate of drug-likeness (QED) is 0.910.